The number of ether oxygens (including phenoxy) is 1. The average molecular weight is 336 g/mol. The Kier molecular flexibility index (Phi) is 6.07. The number of allylic oxidation sites excluding steroid dienone is 2. The molecule has 0 aliphatic heterocycles. The van der Waals surface area contributed by atoms with Crippen molar-refractivity contribution in [2.24, 2.45) is 16.7 Å². The minimum absolute atomic E-state index is 0.323. The van der Waals surface area contributed by atoms with Gasteiger partial charge in [-0.1, -0.05) is 32.1 Å². The van der Waals surface area contributed by atoms with Crippen LogP contribution in [0, 0.1) is 16.7 Å². The number of rotatable bonds is 7. The first-order chi connectivity index (χ1) is 10.9. The highest BCUT2D eigenvalue weighted by Crippen LogP contribution is 2.57. The second-order valence-electron chi connectivity index (χ2n) is 8.21. The summed E-state index contributed by atoms with van der Waals surface area (Å²) in [4.78, 5) is 24.4. The molecule has 0 aromatic heterocycles. The van der Waals surface area contributed by atoms with Crippen molar-refractivity contribution in [2.45, 2.75) is 72.8 Å². The Morgan fingerprint density at radius 1 is 1.33 bits per heavy atom. The summed E-state index contributed by atoms with van der Waals surface area (Å²) in [6.45, 7) is 15.3. The zero-order valence-electron chi connectivity index (χ0n) is 15.9. The second-order valence-corrected chi connectivity index (χ2v) is 8.21. The van der Waals surface area contributed by atoms with Crippen LogP contribution in [-0.2, 0) is 14.3 Å². The molecule has 1 aliphatic rings. The molecule has 1 N–H and O–H groups in total. The maximum atomic E-state index is 12.9. The molecule has 0 radical (unpaired) electrons. The predicted octanol–water partition coefficient (Wildman–Crippen LogP) is 4.75. The van der Waals surface area contributed by atoms with Gasteiger partial charge in [0, 0.05) is 0 Å². The van der Waals surface area contributed by atoms with Crippen LogP contribution in [0.15, 0.2) is 24.3 Å². The third kappa shape index (κ3) is 3.90. The van der Waals surface area contributed by atoms with Crippen LogP contribution in [-0.4, -0.2) is 22.6 Å². The normalized spacial score (nSPS) is 27.8. The molecule has 0 aromatic rings. The van der Waals surface area contributed by atoms with Gasteiger partial charge in [0.25, 0.3) is 0 Å². The molecule has 4 nitrogen and oxygen atoms in total. The number of carbonyl (C=O) groups excluding carboxylic acids is 1. The topological polar surface area (TPSA) is 63.6 Å². The number of esters is 1. The molecular formula is C20H32O4. The van der Waals surface area contributed by atoms with Gasteiger partial charge in [-0.2, -0.15) is 0 Å². The fourth-order valence-electron chi connectivity index (χ4n) is 3.46. The lowest BCUT2D eigenvalue weighted by Crippen LogP contribution is -2.46. The molecule has 0 saturated heterocycles. The highest BCUT2D eigenvalue weighted by atomic mass is 16.6. The molecule has 1 rings (SSSR count). The van der Waals surface area contributed by atoms with Gasteiger partial charge in [-0.05, 0) is 64.9 Å². The van der Waals surface area contributed by atoms with E-state index in [-0.39, 0.29) is 5.97 Å². The Balaban J connectivity index is 2.94. The maximum Gasteiger partial charge on any atom is 0.313 e. The molecule has 24 heavy (non-hydrogen) atoms. The van der Waals surface area contributed by atoms with E-state index < -0.39 is 28.3 Å². The van der Waals surface area contributed by atoms with Crippen molar-refractivity contribution in [2.75, 3.05) is 0 Å². The van der Waals surface area contributed by atoms with Crippen molar-refractivity contribution in [3.8, 4) is 0 Å². The Bertz CT molecular complexity index is 542. The molecule has 3 unspecified atom stereocenters. The minimum atomic E-state index is -0.841. The van der Waals surface area contributed by atoms with Crippen molar-refractivity contribution in [1.82, 2.24) is 0 Å². The zero-order valence-corrected chi connectivity index (χ0v) is 15.9. The number of hydrogen-bond donors (Lipinski definition) is 1. The van der Waals surface area contributed by atoms with Crippen LogP contribution >= 0.6 is 0 Å². The average Bonchev–Trinajstić information content (AvgIpc) is 2.70. The third-order valence-corrected chi connectivity index (χ3v) is 5.93. The van der Waals surface area contributed by atoms with Gasteiger partial charge in [-0.15, -0.1) is 0 Å². The monoisotopic (exact) mass is 336 g/mol. The Hall–Kier alpha value is -1.58. The van der Waals surface area contributed by atoms with Crippen LogP contribution in [0.4, 0.5) is 0 Å². The lowest BCUT2D eigenvalue weighted by molar-refractivity contribution is -0.173. The van der Waals surface area contributed by atoms with Crippen molar-refractivity contribution >= 4 is 11.9 Å². The highest BCUT2D eigenvalue weighted by Gasteiger charge is 2.59. The molecule has 136 valence electrons. The van der Waals surface area contributed by atoms with E-state index in [2.05, 4.69) is 12.7 Å². The van der Waals surface area contributed by atoms with Crippen LogP contribution in [0.3, 0.4) is 0 Å². The summed E-state index contributed by atoms with van der Waals surface area (Å²) in [5.41, 5.74) is -0.987. The van der Waals surface area contributed by atoms with E-state index in [1.807, 2.05) is 41.5 Å². The Morgan fingerprint density at radius 2 is 1.92 bits per heavy atom. The van der Waals surface area contributed by atoms with Crippen LogP contribution in [0.2, 0.25) is 0 Å². The van der Waals surface area contributed by atoms with Gasteiger partial charge in [0.1, 0.15) is 5.60 Å². The van der Waals surface area contributed by atoms with E-state index in [9.17, 15) is 14.7 Å². The van der Waals surface area contributed by atoms with Crippen LogP contribution < -0.4 is 0 Å². The highest BCUT2D eigenvalue weighted by molar-refractivity contribution is 5.81. The van der Waals surface area contributed by atoms with E-state index in [4.69, 9.17) is 4.74 Å². The van der Waals surface area contributed by atoms with Crippen LogP contribution in [0.25, 0.3) is 0 Å². The second kappa shape index (κ2) is 7.12. The van der Waals surface area contributed by atoms with Gasteiger partial charge in [0.15, 0.2) is 0 Å². The quantitative estimate of drug-likeness (QED) is 0.538. The summed E-state index contributed by atoms with van der Waals surface area (Å²) < 4.78 is 5.84. The van der Waals surface area contributed by atoms with Gasteiger partial charge in [-0.25, -0.2) is 0 Å². The van der Waals surface area contributed by atoms with Crippen molar-refractivity contribution in [3.63, 3.8) is 0 Å². The van der Waals surface area contributed by atoms with Gasteiger partial charge >= 0.3 is 11.9 Å². The summed E-state index contributed by atoms with van der Waals surface area (Å²) in [5.74, 6) is -1.70. The Morgan fingerprint density at radius 3 is 2.33 bits per heavy atom. The molecule has 3 atom stereocenters. The standard InChI is InChI=1S/C20H32O4/c1-8-19(6,12-9-10-14(2)3)24-17(23)20(7)13-11-15(16(21)22)18(20,4)5/h8,10,15H,1,9,11-13H2,2-7H3,(H,21,22). The van der Waals surface area contributed by atoms with Gasteiger partial charge in [0.2, 0.25) is 0 Å². The molecule has 1 saturated carbocycles. The van der Waals surface area contributed by atoms with Gasteiger partial charge in [-0.3, -0.25) is 9.59 Å². The fourth-order valence-corrected chi connectivity index (χ4v) is 3.46. The van der Waals surface area contributed by atoms with E-state index in [1.165, 1.54) is 5.57 Å². The van der Waals surface area contributed by atoms with Crippen molar-refractivity contribution < 1.29 is 19.4 Å². The van der Waals surface area contributed by atoms with Crippen LogP contribution in [0.5, 0.6) is 0 Å². The summed E-state index contributed by atoms with van der Waals surface area (Å²) in [5, 5.41) is 9.43. The molecule has 1 fully saturated rings. The van der Waals surface area contributed by atoms with E-state index in [1.54, 1.807) is 6.08 Å². The predicted molar refractivity (Wildman–Crippen MR) is 95.6 cm³/mol. The van der Waals surface area contributed by atoms with Gasteiger partial charge in [0.05, 0.1) is 11.3 Å². The molecule has 0 spiro atoms. The summed E-state index contributed by atoms with van der Waals surface area (Å²) in [6.07, 6.45) is 6.26. The SMILES string of the molecule is C=CC(C)(CCC=C(C)C)OC(=O)C1(C)CCC(C(=O)O)C1(C)C. The number of carbonyl (C=O) groups is 2. The molecule has 0 bridgehead atoms. The number of carboxylic acids is 1. The third-order valence-electron chi connectivity index (χ3n) is 5.93. The van der Waals surface area contributed by atoms with E-state index in [0.717, 1.165) is 6.42 Å². The fraction of sp³-hybridized carbons (Fsp3) is 0.700. The lowest BCUT2D eigenvalue weighted by atomic mass is 9.65. The number of carboxylic acid groups (broad SMARTS) is 1. The molecule has 0 amide bonds. The lowest BCUT2D eigenvalue weighted by Gasteiger charge is -2.40. The minimum Gasteiger partial charge on any atom is -0.481 e. The van der Waals surface area contributed by atoms with Crippen LogP contribution in [0.1, 0.15) is 67.2 Å². The molecular weight excluding hydrogens is 304 g/mol. The Labute approximate surface area is 146 Å². The molecule has 1 aliphatic carbocycles. The van der Waals surface area contributed by atoms with Crippen molar-refractivity contribution in [1.29, 1.82) is 0 Å². The van der Waals surface area contributed by atoms with Gasteiger partial charge < -0.3 is 9.84 Å². The first kappa shape index (κ1) is 20.5. The van der Waals surface area contributed by atoms with Crippen molar-refractivity contribution in [3.05, 3.63) is 24.3 Å². The first-order valence-corrected chi connectivity index (χ1v) is 8.63. The smallest absolute Gasteiger partial charge is 0.313 e. The molecule has 0 aromatic carbocycles. The number of hydrogen-bond acceptors (Lipinski definition) is 3. The summed E-state index contributed by atoms with van der Waals surface area (Å²) >= 11 is 0. The molecule has 0 heterocycles. The summed E-state index contributed by atoms with van der Waals surface area (Å²) in [7, 11) is 0. The number of aliphatic carboxylic acids is 1. The maximum absolute atomic E-state index is 12.9. The molecule has 4 heteroatoms. The zero-order chi connectivity index (χ0) is 18.8. The first-order valence-electron chi connectivity index (χ1n) is 8.63. The van der Waals surface area contributed by atoms with E-state index >= 15 is 0 Å². The largest absolute Gasteiger partial charge is 0.481 e. The summed E-state index contributed by atoms with van der Waals surface area (Å²) in [6, 6.07) is 0. The van der Waals surface area contributed by atoms with E-state index in [0.29, 0.717) is 19.3 Å².